The van der Waals surface area contributed by atoms with Crippen LogP contribution >= 0.6 is 7.87 Å². The van der Waals surface area contributed by atoms with Crippen molar-refractivity contribution in [1.82, 2.24) is 18.7 Å². The summed E-state index contributed by atoms with van der Waals surface area (Å²) < 4.78 is 9.31. The van der Waals surface area contributed by atoms with Gasteiger partial charge >= 0.3 is 82.9 Å². The van der Waals surface area contributed by atoms with E-state index >= 15 is 0 Å². The number of hydrogen-bond acceptors (Lipinski definition) is 4. The van der Waals surface area contributed by atoms with Gasteiger partial charge < -0.3 is 0 Å². The molecule has 0 aliphatic heterocycles. The minimum atomic E-state index is -1.77. The van der Waals surface area contributed by atoms with Crippen LogP contribution < -0.4 is 0 Å². The predicted octanol–water partition coefficient (Wildman–Crippen LogP) is 0.643. The molecule has 0 spiro atoms. The maximum atomic E-state index is 2.33. The third kappa shape index (κ3) is 2.20. The first kappa shape index (κ1) is 13.3. The molecule has 0 aromatic carbocycles. The van der Waals surface area contributed by atoms with Crippen molar-refractivity contribution in [3.8, 4) is 0 Å². The molecule has 0 aliphatic carbocycles. The predicted molar refractivity (Wildman–Crippen MR) is 63.1 cm³/mol. The normalized spacial score (nSPS) is 15.1. The first-order valence-corrected chi connectivity index (χ1v) is 6.26. The summed E-state index contributed by atoms with van der Waals surface area (Å²) in [5.41, 5.74) is 0. The first-order chi connectivity index (χ1) is 5.77. The molecule has 5 heteroatoms. The van der Waals surface area contributed by atoms with E-state index in [9.17, 15) is 0 Å². The molecule has 82 valence electrons. The van der Waals surface area contributed by atoms with Crippen LogP contribution in [0, 0.1) is 0 Å². The molecule has 0 fully saturated rings. The van der Waals surface area contributed by atoms with E-state index in [1.807, 2.05) is 0 Å². The van der Waals surface area contributed by atoms with E-state index in [2.05, 4.69) is 75.1 Å². The van der Waals surface area contributed by atoms with Crippen molar-refractivity contribution in [2.24, 2.45) is 0 Å². The van der Waals surface area contributed by atoms with Crippen LogP contribution in [0.3, 0.4) is 0 Å². The summed E-state index contributed by atoms with van der Waals surface area (Å²) in [6.45, 7) is 0. The second-order valence-corrected chi connectivity index (χ2v) is 8.96. The SMILES string of the molecule is CN(C)[PH](N(C)C)(N(C)C)N(C)C. The zero-order valence-corrected chi connectivity index (χ0v) is 11.3. The molecule has 0 radical (unpaired) electrons. The summed E-state index contributed by atoms with van der Waals surface area (Å²) in [6, 6.07) is 0. The van der Waals surface area contributed by atoms with Gasteiger partial charge in [0.25, 0.3) is 0 Å². The van der Waals surface area contributed by atoms with Crippen molar-refractivity contribution < 1.29 is 0 Å². The van der Waals surface area contributed by atoms with Crippen molar-refractivity contribution in [3.63, 3.8) is 0 Å². The van der Waals surface area contributed by atoms with Crippen LogP contribution in [0.4, 0.5) is 0 Å². The molecular formula is C8H25N4P. The number of nitrogens with zero attached hydrogens (tertiary/aromatic N) is 4. The van der Waals surface area contributed by atoms with Crippen LogP contribution in [-0.2, 0) is 0 Å². The quantitative estimate of drug-likeness (QED) is 0.629. The second kappa shape index (κ2) is 4.67. The van der Waals surface area contributed by atoms with E-state index in [1.165, 1.54) is 0 Å². The van der Waals surface area contributed by atoms with E-state index in [4.69, 9.17) is 0 Å². The van der Waals surface area contributed by atoms with E-state index in [1.54, 1.807) is 0 Å². The van der Waals surface area contributed by atoms with Gasteiger partial charge in [-0.25, -0.2) is 0 Å². The van der Waals surface area contributed by atoms with E-state index in [0.717, 1.165) is 0 Å². The molecule has 0 aromatic heterocycles. The summed E-state index contributed by atoms with van der Waals surface area (Å²) in [6.07, 6.45) is 0. The van der Waals surface area contributed by atoms with Crippen LogP contribution in [-0.4, -0.2) is 75.1 Å². The van der Waals surface area contributed by atoms with Crippen molar-refractivity contribution >= 4 is 7.87 Å². The molecule has 0 amide bonds. The monoisotopic (exact) mass is 208 g/mol. The van der Waals surface area contributed by atoms with E-state index < -0.39 is 7.87 Å². The molecule has 0 aliphatic rings. The first-order valence-electron chi connectivity index (χ1n) is 4.47. The van der Waals surface area contributed by atoms with Gasteiger partial charge in [-0.3, -0.25) is 0 Å². The molecule has 0 aromatic rings. The van der Waals surface area contributed by atoms with Gasteiger partial charge in [-0.2, -0.15) is 0 Å². The molecule has 4 nitrogen and oxygen atoms in total. The molecule has 13 heavy (non-hydrogen) atoms. The topological polar surface area (TPSA) is 13.0 Å². The summed E-state index contributed by atoms with van der Waals surface area (Å²) in [5, 5.41) is 0. The Balaban J connectivity index is 5.06. The fraction of sp³-hybridized carbons (Fsp3) is 1.00. The standard InChI is InChI=1S/C8H25N4P/c1-9(2)13(10(3)4,11(5)6)12(7)8/h13H,1-8H3. The molecule has 0 atom stereocenters. The summed E-state index contributed by atoms with van der Waals surface area (Å²) in [4.78, 5) is 0. The Kier molecular flexibility index (Phi) is 4.77. The minimum absolute atomic E-state index is 1.77. The van der Waals surface area contributed by atoms with Crippen LogP contribution in [0.2, 0.25) is 0 Å². The maximum absolute atomic E-state index is 2.33. The Labute approximate surface area is 83.6 Å². The van der Waals surface area contributed by atoms with Crippen molar-refractivity contribution in [1.29, 1.82) is 0 Å². The molecule has 0 rings (SSSR count). The fourth-order valence-corrected chi connectivity index (χ4v) is 7.20. The number of hydrogen-bond donors (Lipinski definition) is 0. The van der Waals surface area contributed by atoms with Crippen LogP contribution in [0.15, 0.2) is 0 Å². The van der Waals surface area contributed by atoms with Gasteiger partial charge in [0.05, 0.1) is 0 Å². The Morgan fingerprint density at radius 3 is 0.615 bits per heavy atom. The van der Waals surface area contributed by atoms with Crippen LogP contribution in [0.25, 0.3) is 0 Å². The Morgan fingerprint density at radius 1 is 0.462 bits per heavy atom. The van der Waals surface area contributed by atoms with Gasteiger partial charge in [0.2, 0.25) is 0 Å². The van der Waals surface area contributed by atoms with E-state index in [-0.39, 0.29) is 0 Å². The van der Waals surface area contributed by atoms with Crippen molar-refractivity contribution in [2.75, 3.05) is 56.4 Å². The van der Waals surface area contributed by atoms with Gasteiger partial charge in [0.1, 0.15) is 0 Å². The molecular weight excluding hydrogens is 183 g/mol. The third-order valence-electron chi connectivity index (χ3n) is 2.40. The fourth-order valence-electron chi connectivity index (χ4n) is 2.40. The molecule has 0 saturated carbocycles. The summed E-state index contributed by atoms with van der Waals surface area (Å²) in [7, 11) is 15.4. The average molecular weight is 208 g/mol. The van der Waals surface area contributed by atoms with Gasteiger partial charge in [-0.15, -0.1) is 0 Å². The van der Waals surface area contributed by atoms with E-state index in [0.29, 0.717) is 0 Å². The van der Waals surface area contributed by atoms with Crippen molar-refractivity contribution in [3.05, 3.63) is 0 Å². The van der Waals surface area contributed by atoms with Gasteiger partial charge in [-0.1, -0.05) is 0 Å². The molecule has 0 bridgehead atoms. The van der Waals surface area contributed by atoms with Crippen LogP contribution in [0.1, 0.15) is 0 Å². The second-order valence-electron chi connectivity index (χ2n) is 4.18. The van der Waals surface area contributed by atoms with Crippen LogP contribution in [0.5, 0.6) is 0 Å². The Morgan fingerprint density at radius 2 is 0.615 bits per heavy atom. The van der Waals surface area contributed by atoms with Gasteiger partial charge in [0.15, 0.2) is 0 Å². The Hall–Kier alpha value is 0.270. The molecule has 0 saturated heterocycles. The zero-order chi connectivity index (χ0) is 10.8. The average Bonchev–Trinajstić information content (AvgIpc) is 1.82. The Bertz CT molecular complexity index is 119. The molecule has 0 unspecified atom stereocenters. The van der Waals surface area contributed by atoms with Crippen molar-refractivity contribution in [2.45, 2.75) is 0 Å². The molecule has 0 N–H and O–H groups in total. The third-order valence-corrected chi connectivity index (χ3v) is 7.20. The summed E-state index contributed by atoms with van der Waals surface area (Å²) in [5.74, 6) is 0. The number of rotatable bonds is 4. The molecule has 0 heterocycles. The zero-order valence-electron chi connectivity index (χ0n) is 10.3. The van der Waals surface area contributed by atoms with Gasteiger partial charge in [-0.05, 0) is 0 Å². The van der Waals surface area contributed by atoms with Gasteiger partial charge in [0, 0.05) is 0 Å². The summed E-state index contributed by atoms with van der Waals surface area (Å²) >= 11 is 0.